The van der Waals surface area contributed by atoms with Crippen LogP contribution in [-0.2, 0) is 4.79 Å². The first-order valence-corrected chi connectivity index (χ1v) is 6.91. The van der Waals surface area contributed by atoms with Gasteiger partial charge >= 0.3 is 12.0 Å². The van der Waals surface area contributed by atoms with E-state index in [1.54, 1.807) is 26.0 Å². The largest absolute Gasteiger partial charge is 0.478 e. The molecule has 0 saturated heterocycles. The Morgan fingerprint density at radius 1 is 1.38 bits per heavy atom. The molecule has 4 N–H and O–H groups in total. The Hall–Kier alpha value is -2.09. The SMILES string of the molecule is CC(C)N(CC(N)=O)C(=O)Nc1c(Br)cccc1C(=O)O. The number of nitrogens with zero attached hydrogens (tertiary/aromatic N) is 1. The summed E-state index contributed by atoms with van der Waals surface area (Å²) >= 11 is 3.19. The number of urea groups is 1. The number of nitrogens with one attached hydrogen (secondary N) is 1. The van der Waals surface area contributed by atoms with Gasteiger partial charge in [-0.1, -0.05) is 6.07 Å². The van der Waals surface area contributed by atoms with Gasteiger partial charge in [0.25, 0.3) is 0 Å². The van der Waals surface area contributed by atoms with E-state index in [0.29, 0.717) is 4.47 Å². The van der Waals surface area contributed by atoms with Crippen molar-refractivity contribution in [3.05, 3.63) is 28.2 Å². The van der Waals surface area contributed by atoms with Crippen LogP contribution < -0.4 is 11.1 Å². The maximum atomic E-state index is 12.2. The van der Waals surface area contributed by atoms with Gasteiger partial charge < -0.3 is 21.1 Å². The van der Waals surface area contributed by atoms with Gasteiger partial charge in [-0.3, -0.25) is 4.79 Å². The maximum Gasteiger partial charge on any atom is 0.337 e. The fourth-order valence-corrected chi connectivity index (χ4v) is 2.13. The van der Waals surface area contributed by atoms with Crippen LogP contribution in [-0.4, -0.2) is 40.5 Å². The lowest BCUT2D eigenvalue weighted by Gasteiger charge is -2.26. The molecule has 0 atom stereocenters. The second-order valence-electron chi connectivity index (χ2n) is 4.59. The third kappa shape index (κ3) is 4.45. The summed E-state index contributed by atoms with van der Waals surface area (Å²) in [5.41, 5.74) is 5.18. The van der Waals surface area contributed by atoms with E-state index < -0.39 is 17.9 Å². The Bertz CT molecular complexity index is 575. The molecule has 0 fully saturated rings. The van der Waals surface area contributed by atoms with E-state index in [4.69, 9.17) is 10.8 Å². The molecular weight excluding hydrogens is 342 g/mol. The molecule has 0 radical (unpaired) electrons. The maximum absolute atomic E-state index is 12.2. The molecule has 1 aromatic carbocycles. The molecule has 3 amide bonds. The average molecular weight is 358 g/mol. The first-order valence-electron chi connectivity index (χ1n) is 6.11. The van der Waals surface area contributed by atoms with Gasteiger partial charge in [0.05, 0.1) is 11.3 Å². The number of rotatable bonds is 5. The summed E-state index contributed by atoms with van der Waals surface area (Å²) in [5.74, 6) is -1.82. The number of nitrogens with two attached hydrogens (primary N) is 1. The van der Waals surface area contributed by atoms with Crippen molar-refractivity contribution in [2.75, 3.05) is 11.9 Å². The van der Waals surface area contributed by atoms with Crippen LogP contribution in [0.25, 0.3) is 0 Å². The van der Waals surface area contributed by atoms with Crippen molar-refractivity contribution in [3.63, 3.8) is 0 Å². The molecule has 21 heavy (non-hydrogen) atoms. The zero-order chi connectivity index (χ0) is 16.2. The number of amides is 3. The highest BCUT2D eigenvalue weighted by molar-refractivity contribution is 9.10. The van der Waals surface area contributed by atoms with Gasteiger partial charge in [-0.2, -0.15) is 0 Å². The van der Waals surface area contributed by atoms with Crippen LogP contribution in [0.5, 0.6) is 0 Å². The number of carbonyl (C=O) groups is 3. The third-order valence-corrected chi connectivity index (χ3v) is 3.35. The zero-order valence-corrected chi connectivity index (χ0v) is 13.2. The molecule has 114 valence electrons. The van der Waals surface area contributed by atoms with Crippen molar-refractivity contribution >= 4 is 39.5 Å². The molecule has 0 unspecified atom stereocenters. The molecule has 0 bridgehead atoms. The molecule has 0 heterocycles. The number of benzene rings is 1. The van der Waals surface area contributed by atoms with Crippen molar-refractivity contribution in [3.8, 4) is 0 Å². The fourth-order valence-electron chi connectivity index (χ4n) is 1.66. The number of primary amides is 1. The van der Waals surface area contributed by atoms with E-state index in [1.165, 1.54) is 11.0 Å². The highest BCUT2D eigenvalue weighted by atomic mass is 79.9. The summed E-state index contributed by atoms with van der Waals surface area (Å²) < 4.78 is 0.429. The number of halogens is 1. The summed E-state index contributed by atoms with van der Waals surface area (Å²) in [5, 5.41) is 11.6. The van der Waals surface area contributed by atoms with E-state index in [9.17, 15) is 14.4 Å². The molecule has 1 aromatic rings. The van der Waals surface area contributed by atoms with Crippen LogP contribution in [0.2, 0.25) is 0 Å². The smallest absolute Gasteiger partial charge is 0.337 e. The normalized spacial score (nSPS) is 10.3. The molecule has 0 aliphatic carbocycles. The lowest BCUT2D eigenvalue weighted by atomic mass is 10.2. The van der Waals surface area contributed by atoms with Crippen LogP contribution in [0, 0.1) is 0 Å². The molecule has 0 spiro atoms. The van der Waals surface area contributed by atoms with E-state index in [-0.39, 0.29) is 23.8 Å². The van der Waals surface area contributed by atoms with Crippen molar-refractivity contribution in [1.82, 2.24) is 4.90 Å². The Balaban J connectivity index is 3.07. The zero-order valence-electron chi connectivity index (χ0n) is 11.6. The molecule has 0 aliphatic heterocycles. The summed E-state index contributed by atoms with van der Waals surface area (Å²) in [6, 6.07) is 3.66. The number of hydrogen-bond acceptors (Lipinski definition) is 3. The average Bonchev–Trinajstić information content (AvgIpc) is 2.37. The van der Waals surface area contributed by atoms with E-state index in [0.717, 1.165) is 0 Å². The van der Waals surface area contributed by atoms with Gasteiger partial charge in [0, 0.05) is 10.5 Å². The van der Waals surface area contributed by atoms with Crippen molar-refractivity contribution in [2.45, 2.75) is 19.9 Å². The minimum absolute atomic E-state index is 0.0551. The lowest BCUT2D eigenvalue weighted by Crippen LogP contribution is -2.45. The van der Waals surface area contributed by atoms with Crippen LogP contribution in [0.15, 0.2) is 22.7 Å². The molecular formula is C13H16BrN3O4. The van der Waals surface area contributed by atoms with Crippen LogP contribution in [0.1, 0.15) is 24.2 Å². The van der Waals surface area contributed by atoms with Gasteiger partial charge in [0.1, 0.15) is 6.54 Å². The molecule has 0 aliphatic rings. The molecule has 7 nitrogen and oxygen atoms in total. The molecule has 0 aromatic heterocycles. The van der Waals surface area contributed by atoms with Gasteiger partial charge in [-0.05, 0) is 41.9 Å². The minimum atomic E-state index is -1.17. The standard InChI is InChI=1S/C13H16BrN3O4/c1-7(2)17(6-10(15)18)13(21)16-11-8(12(19)20)4-3-5-9(11)14/h3-5,7H,6H2,1-2H3,(H2,15,18)(H,16,21)(H,19,20). The number of aromatic carboxylic acids is 1. The summed E-state index contributed by atoms with van der Waals surface area (Å²) in [6.45, 7) is 3.19. The van der Waals surface area contributed by atoms with E-state index in [1.807, 2.05) is 0 Å². The third-order valence-electron chi connectivity index (χ3n) is 2.69. The Morgan fingerprint density at radius 2 is 2.00 bits per heavy atom. The summed E-state index contributed by atoms with van der Waals surface area (Å²) in [6.07, 6.45) is 0. The second kappa shape index (κ2) is 7.07. The predicted octanol–water partition coefficient (Wildman–Crippen LogP) is 1.87. The van der Waals surface area contributed by atoms with Gasteiger partial charge in [0.15, 0.2) is 0 Å². The Kier molecular flexibility index (Phi) is 5.71. The van der Waals surface area contributed by atoms with Crippen LogP contribution >= 0.6 is 15.9 Å². The highest BCUT2D eigenvalue weighted by Crippen LogP contribution is 2.27. The van der Waals surface area contributed by atoms with Crippen molar-refractivity contribution in [1.29, 1.82) is 0 Å². The van der Waals surface area contributed by atoms with Crippen molar-refractivity contribution in [2.24, 2.45) is 5.73 Å². The van der Waals surface area contributed by atoms with Gasteiger partial charge in [-0.25, -0.2) is 9.59 Å². The van der Waals surface area contributed by atoms with Gasteiger partial charge in [-0.15, -0.1) is 0 Å². The fraction of sp³-hybridized carbons (Fsp3) is 0.308. The number of carboxylic acids is 1. The van der Waals surface area contributed by atoms with Crippen molar-refractivity contribution < 1.29 is 19.5 Å². The number of para-hydroxylation sites is 1. The number of carboxylic acid groups (broad SMARTS) is 1. The molecule has 8 heteroatoms. The van der Waals surface area contributed by atoms with Gasteiger partial charge in [0.2, 0.25) is 5.91 Å². The quantitative estimate of drug-likeness (QED) is 0.746. The van der Waals surface area contributed by atoms with E-state index >= 15 is 0 Å². The summed E-state index contributed by atoms with van der Waals surface area (Å²) in [7, 11) is 0. The number of carbonyl (C=O) groups excluding carboxylic acids is 2. The summed E-state index contributed by atoms with van der Waals surface area (Å²) in [4.78, 5) is 35.6. The lowest BCUT2D eigenvalue weighted by molar-refractivity contribution is -0.118. The monoisotopic (exact) mass is 357 g/mol. The number of hydrogen-bond donors (Lipinski definition) is 3. The molecule has 0 saturated carbocycles. The predicted molar refractivity (Wildman–Crippen MR) is 81.2 cm³/mol. The van der Waals surface area contributed by atoms with Crippen LogP contribution in [0.4, 0.5) is 10.5 Å². The first kappa shape index (κ1) is 17.0. The highest BCUT2D eigenvalue weighted by Gasteiger charge is 2.22. The van der Waals surface area contributed by atoms with Crippen LogP contribution in [0.3, 0.4) is 0 Å². The topological polar surface area (TPSA) is 113 Å². The molecule has 1 rings (SSSR count). The second-order valence-corrected chi connectivity index (χ2v) is 5.44. The van der Waals surface area contributed by atoms with E-state index in [2.05, 4.69) is 21.2 Å². The number of anilines is 1. The Labute approximate surface area is 130 Å². The first-order chi connectivity index (χ1) is 9.73. The Morgan fingerprint density at radius 3 is 2.48 bits per heavy atom. The minimum Gasteiger partial charge on any atom is -0.478 e.